The molecule has 0 amide bonds. The van der Waals surface area contributed by atoms with E-state index in [1.54, 1.807) is 12.1 Å². The van der Waals surface area contributed by atoms with Crippen molar-refractivity contribution in [2.75, 3.05) is 0 Å². The molecule has 2 N–H and O–H groups in total. The largest absolute Gasteiger partial charge is 0.313 e. The molecule has 20 heavy (non-hydrogen) atoms. The van der Waals surface area contributed by atoms with E-state index >= 15 is 0 Å². The highest BCUT2D eigenvalue weighted by Gasteiger charge is 1.99. The zero-order chi connectivity index (χ0) is 14.8. The van der Waals surface area contributed by atoms with E-state index in [2.05, 4.69) is 0 Å². The Bertz CT molecular complexity index is 633. The van der Waals surface area contributed by atoms with Crippen molar-refractivity contribution in [3.05, 3.63) is 34.7 Å². The summed E-state index contributed by atoms with van der Waals surface area (Å²) in [6, 6.07) is 11.1. The number of nitrogens with zero attached hydrogens (tertiary/aromatic N) is 2. The zero-order valence-corrected chi connectivity index (χ0v) is 11.2. The van der Waals surface area contributed by atoms with Crippen LogP contribution in [0.25, 0.3) is 11.1 Å². The molecule has 0 spiro atoms. The van der Waals surface area contributed by atoms with Gasteiger partial charge < -0.3 is 10.8 Å². The van der Waals surface area contributed by atoms with Crippen molar-refractivity contribution >= 4 is 23.6 Å². The summed E-state index contributed by atoms with van der Waals surface area (Å²) in [6.07, 6.45) is 5.73. The Morgan fingerprint density at radius 3 is 1.75 bits per heavy atom. The van der Waals surface area contributed by atoms with E-state index in [9.17, 15) is 0 Å². The third-order valence-electron chi connectivity index (χ3n) is 2.99. The fraction of sp³-hybridized carbons (Fsp3) is 0.250. The van der Waals surface area contributed by atoms with E-state index in [1.165, 1.54) is 18.0 Å². The number of benzene rings is 1. The van der Waals surface area contributed by atoms with Crippen LogP contribution in [0.1, 0.15) is 25.7 Å². The molecule has 0 unspecified atom stereocenters. The van der Waals surface area contributed by atoms with Crippen LogP contribution < -0.4 is 10.4 Å². The molecule has 4 heteroatoms. The Hall–Kier alpha value is -2.72. The molecule has 0 aliphatic heterocycles. The van der Waals surface area contributed by atoms with Crippen molar-refractivity contribution in [1.82, 2.24) is 0 Å². The normalized spacial score (nSPS) is 9.10. The van der Waals surface area contributed by atoms with Crippen LogP contribution in [0, 0.1) is 33.5 Å². The van der Waals surface area contributed by atoms with Gasteiger partial charge in [0.1, 0.15) is 17.7 Å². The van der Waals surface area contributed by atoms with Gasteiger partial charge in [-0.05, 0) is 43.3 Å². The Balaban J connectivity index is 3.26. The van der Waals surface area contributed by atoms with E-state index in [4.69, 9.17) is 21.3 Å². The predicted molar refractivity (Wildman–Crippen MR) is 79.8 cm³/mol. The number of nitriles is 2. The summed E-state index contributed by atoms with van der Waals surface area (Å²) in [5.74, 6) is 0. The molecule has 0 saturated heterocycles. The van der Waals surface area contributed by atoms with E-state index in [0.29, 0.717) is 18.1 Å². The second-order valence-corrected chi connectivity index (χ2v) is 4.27. The lowest BCUT2D eigenvalue weighted by atomic mass is 10.0. The minimum absolute atomic E-state index is 0.108. The van der Waals surface area contributed by atoms with Gasteiger partial charge in [-0.3, -0.25) is 0 Å². The molecule has 1 aromatic carbocycles. The first-order chi connectivity index (χ1) is 9.76. The van der Waals surface area contributed by atoms with Crippen LogP contribution in [0.15, 0.2) is 24.3 Å². The first-order valence-electron chi connectivity index (χ1n) is 6.37. The van der Waals surface area contributed by atoms with Gasteiger partial charge in [-0.1, -0.05) is 29.8 Å². The monoisotopic (exact) mass is 264 g/mol. The van der Waals surface area contributed by atoms with Crippen molar-refractivity contribution in [3.8, 4) is 12.1 Å². The lowest BCUT2D eigenvalue weighted by Gasteiger charge is -2.04. The second-order valence-electron chi connectivity index (χ2n) is 4.27. The minimum atomic E-state index is 0.108. The third-order valence-corrected chi connectivity index (χ3v) is 2.99. The van der Waals surface area contributed by atoms with Gasteiger partial charge in [0.05, 0.1) is 0 Å². The maximum Gasteiger partial charge on any atom is 0.136 e. The molecule has 1 aromatic rings. The molecule has 0 heterocycles. The molecule has 0 fully saturated rings. The molecule has 0 aliphatic rings. The number of nitrogens with one attached hydrogen (secondary N) is 2. The van der Waals surface area contributed by atoms with Crippen LogP contribution in [-0.4, -0.2) is 12.4 Å². The van der Waals surface area contributed by atoms with Gasteiger partial charge >= 0.3 is 0 Å². The topological polar surface area (TPSA) is 95.3 Å². The quantitative estimate of drug-likeness (QED) is 0.767. The zero-order valence-electron chi connectivity index (χ0n) is 11.2. The Morgan fingerprint density at radius 2 is 1.35 bits per heavy atom. The summed E-state index contributed by atoms with van der Waals surface area (Å²) in [5.41, 5.74) is 1.30. The summed E-state index contributed by atoms with van der Waals surface area (Å²) in [5, 5.41) is 33.6. The molecule has 0 bridgehead atoms. The van der Waals surface area contributed by atoms with E-state index in [-0.39, 0.29) is 5.57 Å². The Labute approximate surface area is 118 Å². The van der Waals surface area contributed by atoms with E-state index in [1.807, 2.05) is 24.3 Å². The first kappa shape index (κ1) is 15.3. The lowest BCUT2D eigenvalue weighted by molar-refractivity contribution is 0.999. The van der Waals surface area contributed by atoms with Crippen LogP contribution in [-0.2, 0) is 0 Å². The van der Waals surface area contributed by atoms with Gasteiger partial charge in [0.25, 0.3) is 0 Å². The van der Waals surface area contributed by atoms with Gasteiger partial charge in [-0.15, -0.1) is 0 Å². The van der Waals surface area contributed by atoms with Crippen molar-refractivity contribution in [3.63, 3.8) is 0 Å². The SMILES string of the molecule is N#CC(C#N)=c1ccc(=C(CCC=N)CCC=N)cc1. The third kappa shape index (κ3) is 4.19. The highest BCUT2D eigenvalue weighted by atomic mass is 14.3. The van der Waals surface area contributed by atoms with Gasteiger partial charge in [-0.2, -0.15) is 10.5 Å². The summed E-state index contributed by atoms with van der Waals surface area (Å²) < 4.78 is 0. The number of hydrogen-bond acceptors (Lipinski definition) is 4. The molecule has 1 rings (SSSR count). The van der Waals surface area contributed by atoms with Gasteiger partial charge in [0.2, 0.25) is 0 Å². The van der Waals surface area contributed by atoms with Crippen LogP contribution >= 0.6 is 0 Å². The van der Waals surface area contributed by atoms with E-state index < -0.39 is 0 Å². The Morgan fingerprint density at radius 1 is 0.900 bits per heavy atom. The van der Waals surface area contributed by atoms with Crippen molar-refractivity contribution in [2.45, 2.75) is 25.7 Å². The Kier molecular flexibility index (Phi) is 6.44. The fourth-order valence-corrected chi connectivity index (χ4v) is 1.93. The van der Waals surface area contributed by atoms with E-state index in [0.717, 1.165) is 18.1 Å². The van der Waals surface area contributed by atoms with Gasteiger partial charge in [0.15, 0.2) is 0 Å². The molecule has 4 nitrogen and oxygen atoms in total. The van der Waals surface area contributed by atoms with Crippen LogP contribution in [0.3, 0.4) is 0 Å². The highest BCUT2D eigenvalue weighted by molar-refractivity contribution is 5.72. The average Bonchev–Trinajstić information content (AvgIpc) is 2.50. The molecule has 0 aromatic heterocycles. The average molecular weight is 264 g/mol. The number of rotatable bonds is 6. The molecule has 100 valence electrons. The number of hydrogen-bond donors (Lipinski definition) is 2. The van der Waals surface area contributed by atoms with Crippen molar-refractivity contribution in [1.29, 1.82) is 21.3 Å². The van der Waals surface area contributed by atoms with Gasteiger partial charge in [-0.25, -0.2) is 0 Å². The van der Waals surface area contributed by atoms with Crippen LogP contribution in [0.2, 0.25) is 0 Å². The summed E-state index contributed by atoms with van der Waals surface area (Å²) >= 11 is 0. The summed E-state index contributed by atoms with van der Waals surface area (Å²) in [6.45, 7) is 0. The lowest BCUT2D eigenvalue weighted by Crippen LogP contribution is -2.12. The van der Waals surface area contributed by atoms with Crippen LogP contribution in [0.5, 0.6) is 0 Å². The second kappa shape index (κ2) is 8.39. The maximum atomic E-state index is 8.83. The summed E-state index contributed by atoms with van der Waals surface area (Å²) in [7, 11) is 0. The van der Waals surface area contributed by atoms with Crippen LogP contribution in [0.4, 0.5) is 0 Å². The smallest absolute Gasteiger partial charge is 0.136 e. The molecular weight excluding hydrogens is 248 g/mol. The van der Waals surface area contributed by atoms with Crippen molar-refractivity contribution in [2.24, 2.45) is 0 Å². The predicted octanol–water partition coefficient (Wildman–Crippen LogP) is 1.89. The fourth-order valence-electron chi connectivity index (χ4n) is 1.93. The first-order valence-corrected chi connectivity index (χ1v) is 6.37. The van der Waals surface area contributed by atoms with Gasteiger partial charge in [0, 0.05) is 5.22 Å². The molecule has 0 aliphatic carbocycles. The van der Waals surface area contributed by atoms with Crippen molar-refractivity contribution < 1.29 is 0 Å². The highest BCUT2D eigenvalue weighted by Crippen LogP contribution is 2.10. The minimum Gasteiger partial charge on any atom is -0.313 e. The summed E-state index contributed by atoms with van der Waals surface area (Å²) in [4.78, 5) is 0. The molecule has 0 saturated carbocycles. The maximum absolute atomic E-state index is 8.83. The molecular formula is C16H16N4. The molecule has 0 atom stereocenters. The molecule has 0 radical (unpaired) electrons. The standard InChI is InChI=1S/C16H16N4/c17-9-1-3-13(4-2-10-18)14-5-7-15(8-6-14)16(11-19)12-20/h5-10,17-18H,1-4H2.